The highest BCUT2D eigenvalue weighted by molar-refractivity contribution is 9.10. The van der Waals surface area contributed by atoms with E-state index in [-0.39, 0.29) is 12.6 Å². The van der Waals surface area contributed by atoms with E-state index in [2.05, 4.69) is 26.3 Å². The Hall–Kier alpha value is -2.02. The van der Waals surface area contributed by atoms with E-state index in [1.54, 1.807) is 19.5 Å². The molecule has 0 saturated heterocycles. The predicted octanol–water partition coefficient (Wildman–Crippen LogP) is 2.31. The van der Waals surface area contributed by atoms with Crippen molar-refractivity contribution in [3.8, 4) is 5.75 Å². The first-order chi connectivity index (χ1) is 9.99. The van der Waals surface area contributed by atoms with Gasteiger partial charge in [-0.1, -0.05) is 6.07 Å². The minimum absolute atomic E-state index is 0.0736. The van der Waals surface area contributed by atoms with Gasteiger partial charge in [-0.15, -0.1) is 0 Å². The van der Waals surface area contributed by atoms with Gasteiger partial charge < -0.3 is 15.8 Å². The van der Waals surface area contributed by atoms with Crippen LogP contribution in [0.25, 0.3) is 0 Å². The van der Waals surface area contributed by atoms with Crippen LogP contribution in [0.2, 0.25) is 0 Å². The van der Waals surface area contributed by atoms with E-state index in [4.69, 9.17) is 10.5 Å². The quantitative estimate of drug-likeness (QED) is 0.835. The lowest BCUT2D eigenvalue weighted by molar-refractivity contribution is -0.118. The van der Waals surface area contributed by atoms with Gasteiger partial charge >= 0.3 is 0 Å². The summed E-state index contributed by atoms with van der Waals surface area (Å²) in [5.74, 6) is 0.372. The molecule has 7 heteroatoms. The zero-order valence-electron chi connectivity index (χ0n) is 11.8. The first kappa shape index (κ1) is 15.4. The number of hydrogen-bond acceptors (Lipinski definition) is 4. The number of hydrogen-bond donors (Lipinski definition) is 2. The SMILES string of the molecule is COc1ccc(C(C)Nc2cnn(CC(N)=O)c2)cc1Br. The van der Waals surface area contributed by atoms with E-state index < -0.39 is 5.91 Å². The number of primary amides is 1. The van der Waals surface area contributed by atoms with Crippen molar-refractivity contribution in [3.63, 3.8) is 0 Å². The van der Waals surface area contributed by atoms with E-state index in [0.717, 1.165) is 21.5 Å². The van der Waals surface area contributed by atoms with E-state index in [1.165, 1.54) is 4.68 Å². The highest BCUT2D eigenvalue weighted by Crippen LogP contribution is 2.29. The number of aromatic nitrogens is 2. The molecule has 0 aliphatic carbocycles. The maximum atomic E-state index is 10.8. The molecule has 2 aromatic rings. The molecule has 0 bridgehead atoms. The topological polar surface area (TPSA) is 82.2 Å². The summed E-state index contributed by atoms with van der Waals surface area (Å²) in [5, 5.41) is 7.39. The number of nitrogens with one attached hydrogen (secondary N) is 1. The summed E-state index contributed by atoms with van der Waals surface area (Å²) in [4.78, 5) is 10.8. The Balaban J connectivity index is 2.07. The van der Waals surface area contributed by atoms with Crippen molar-refractivity contribution in [1.29, 1.82) is 0 Å². The van der Waals surface area contributed by atoms with Crippen molar-refractivity contribution in [2.75, 3.05) is 12.4 Å². The summed E-state index contributed by atoms with van der Waals surface area (Å²) in [6.07, 6.45) is 3.41. The molecule has 3 N–H and O–H groups in total. The van der Waals surface area contributed by atoms with Gasteiger partial charge in [0.05, 0.1) is 23.5 Å². The summed E-state index contributed by atoms with van der Waals surface area (Å²) in [5.41, 5.74) is 7.06. The van der Waals surface area contributed by atoms with Crippen molar-refractivity contribution in [2.24, 2.45) is 5.73 Å². The van der Waals surface area contributed by atoms with E-state index in [0.29, 0.717) is 0 Å². The second-order valence-electron chi connectivity index (χ2n) is 4.65. The molecule has 0 fully saturated rings. The van der Waals surface area contributed by atoms with Crippen LogP contribution < -0.4 is 15.8 Å². The van der Waals surface area contributed by atoms with Crippen molar-refractivity contribution in [3.05, 3.63) is 40.6 Å². The van der Waals surface area contributed by atoms with Crippen LogP contribution in [0.4, 0.5) is 5.69 Å². The molecular weight excluding hydrogens is 336 g/mol. The van der Waals surface area contributed by atoms with Crippen molar-refractivity contribution in [1.82, 2.24) is 9.78 Å². The first-order valence-electron chi connectivity index (χ1n) is 6.40. The number of nitrogens with zero attached hydrogens (tertiary/aromatic N) is 2. The Morgan fingerprint density at radius 3 is 2.95 bits per heavy atom. The fourth-order valence-corrected chi connectivity index (χ4v) is 2.53. The number of ether oxygens (including phenoxy) is 1. The number of rotatable bonds is 6. The van der Waals surface area contributed by atoms with Crippen LogP contribution in [-0.2, 0) is 11.3 Å². The van der Waals surface area contributed by atoms with Gasteiger partial charge in [0.2, 0.25) is 5.91 Å². The van der Waals surface area contributed by atoms with Gasteiger partial charge in [0.15, 0.2) is 0 Å². The number of carbonyl (C=O) groups is 1. The van der Waals surface area contributed by atoms with Gasteiger partial charge in [0.25, 0.3) is 0 Å². The number of halogens is 1. The standard InChI is InChI=1S/C14H17BrN4O2/c1-9(10-3-4-13(21-2)12(15)5-10)18-11-6-17-19(7-11)8-14(16)20/h3-7,9,18H,8H2,1-2H3,(H2,16,20). The number of nitrogens with two attached hydrogens (primary N) is 1. The molecule has 1 aromatic heterocycles. The summed E-state index contributed by atoms with van der Waals surface area (Å²) in [7, 11) is 1.63. The van der Waals surface area contributed by atoms with E-state index in [9.17, 15) is 4.79 Å². The summed E-state index contributed by atoms with van der Waals surface area (Å²) >= 11 is 3.47. The molecule has 0 aliphatic rings. The Bertz CT molecular complexity index is 642. The third kappa shape index (κ3) is 3.98. The van der Waals surface area contributed by atoms with Crippen LogP contribution in [-0.4, -0.2) is 22.8 Å². The first-order valence-corrected chi connectivity index (χ1v) is 7.19. The number of amides is 1. The molecule has 1 amide bonds. The zero-order valence-corrected chi connectivity index (χ0v) is 13.4. The van der Waals surface area contributed by atoms with Crippen molar-refractivity contribution < 1.29 is 9.53 Å². The van der Waals surface area contributed by atoms with Crippen molar-refractivity contribution in [2.45, 2.75) is 19.5 Å². The molecule has 1 atom stereocenters. The second-order valence-corrected chi connectivity index (χ2v) is 5.51. The number of benzene rings is 1. The molecular formula is C14H17BrN4O2. The molecule has 1 unspecified atom stereocenters. The molecule has 1 aromatic carbocycles. The monoisotopic (exact) mass is 352 g/mol. The van der Waals surface area contributed by atoms with Crippen LogP contribution in [0.3, 0.4) is 0 Å². The minimum atomic E-state index is -0.420. The fourth-order valence-electron chi connectivity index (χ4n) is 1.97. The molecule has 112 valence electrons. The largest absolute Gasteiger partial charge is 0.496 e. The number of anilines is 1. The maximum absolute atomic E-state index is 10.8. The van der Waals surface area contributed by atoms with Gasteiger partial charge in [-0.2, -0.15) is 5.10 Å². The van der Waals surface area contributed by atoms with Crippen LogP contribution >= 0.6 is 15.9 Å². The Morgan fingerprint density at radius 1 is 1.57 bits per heavy atom. The lowest BCUT2D eigenvalue weighted by Crippen LogP contribution is -2.18. The molecule has 21 heavy (non-hydrogen) atoms. The molecule has 0 saturated carbocycles. The fraction of sp³-hybridized carbons (Fsp3) is 0.286. The molecule has 2 rings (SSSR count). The average molecular weight is 353 g/mol. The Morgan fingerprint density at radius 2 is 2.33 bits per heavy atom. The molecule has 0 spiro atoms. The predicted molar refractivity (Wildman–Crippen MR) is 84.2 cm³/mol. The third-order valence-electron chi connectivity index (χ3n) is 3.01. The van der Waals surface area contributed by atoms with Crippen LogP contribution in [0.5, 0.6) is 5.75 Å². The summed E-state index contributed by atoms with van der Waals surface area (Å²) in [6, 6.07) is 5.99. The zero-order chi connectivity index (χ0) is 15.4. The maximum Gasteiger partial charge on any atom is 0.239 e. The van der Waals surface area contributed by atoms with Crippen LogP contribution in [0.1, 0.15) is 18.5 Å². The third-order valence-corrected chi connectivity index (χ3v) is 3.63. The van der Waals surface area contributed by atoms with Gasteiger partial charge in [-0.3, -0.25) is 9.48 Å². The molecule has 1 heterocycles. The Kier molecular flexibility index (Phi) is 4.85. The lowest BCUT2D eigenvalue weighted by atomic mass is 10.1. The summed E-state index contributed by atoms with van der Waals surface area (Å²) in [6.45, 7) is 2.11. The van der Waals surface area contributed by atoms with Gasteiger partial charge in [0, 0.05) is 12.2 Å². The number of carbonyl (C=O) groups excluding carboxylic acids is 1. The minimum Gasteiger partial charge on any atom is -0.496 e. The average Bonchev–Trinajstić information content (AvgIpc) is 2.84. The molecule has 0 radical (unpaired) electrons. The normalized spacial score (nSPS) is 12.0. The second kappa shape index (κ2) is 6.62. The highest BCUT2D eigenvalue weighted by atomic mass is 79.9. The van der Waals surface area contributed by atoms with Crippen LogP contribution in [0.15, 0.2) is 35.1 Å². The lowest BCUT2D eigenvalue weighted by Gasteiger charge is -2.15. The molecule has 0 aliphatic heterocycles. The number of methoxy groups -OCH3 is 1. The summed E-state index contributed by atoms with van der Waals surface area (Å²) < 4.78 is 7.62. The van der Waals surface area contributed by atoms with E-state index >= 15 is 0 Å². The van der Waals surface area contributed by atoms with E-state index in [1.807, 2.05) is 25.1 Å². The Labute approximate surface area is 131 Å². The van der Waals surface area contributed by atoms with Crippen molar-refractivity contribution >= 4 is 27.5 Å². The van der Waals surface area contributed by atoms with Gasteiger partial charge in [0.1, 0.15) is 12.3 Å². The van der Waals surface area contributed by atoms with Gasteiger partial charge in [-0.25, -0.2) is 0 Å². The highest BCUT2D eigenvalue weighted by Gasteiger charge is 2.10. The van der Waals surface area contributed by atoms with Crippen LogP contribution in [0, 0.1) is 0 Å². The van der Waals surface area contributed by atoms with Gasteiger partial charge in [-0.05, 0) is 40.5 Å². The molecule has 6 nitrogen and oxygen atoms in total. The smallest absolute Gasteiger partial charge is 0.239 e.